The largest absolute Gasteiger partial charge is 0.466 e. The van der Waals surface area contributed by atoms with E-state index in [0.717, 1.165) is 13.1 Å². The Balaban J connectivity index is 2.84. The molecule has 1 rings (SSSR count). The standard InChI is InChI=1S/C18H27N3O5/c1-4-19(5-2)13-14-20(12-11-17(22)26-6-3)18(23)15-7-9-16(10-8-15)21(24)25/h7-10H,4-6,11-14H2,1-3H3. The number of ether oxygens (including phenoxy) is 1. The predicted octanol–water partition coefficient (Wildman–Crippen LogP) is 2.33. The number of nitro benzene ring substituents is 1. The van der Waals surface area contributed by atoms with Crippen LogP contribution in [0.4, 0.5) is 5.69 Å². The monoisotopic (exact) mass is 365 g/mol. The summed E-state index contributed by atoms with van der Waals surface area (Å²) in [7, 11) is 0. The first-order valence-electron chi connectivity index (χ1n) is 8.84. The predicted molar refractivity (Wildman–Crippen MR) is 98.0 cm³/mol. The van der Waals surface area contributed by atoms with Crippen LogP contribution in [0.15, 0.2) is 24.3 Å². The number of non-ortho nitro benzene ring substituents is 1. The normalized spacial score (nSPS) is 10.6. The summed E-state index contributed by atoms with van der Waals surface area (Å²) in [6.07, 6.45) is 0.116. The summed E-state index contributed by atoms with van der Waals surface area (Å²) in [5, 5.41) is 10.8. The Morgan fingerprint density at radius 3 is 2.15 bits per heavy atom. The minimum Gasteiger partial charge on any atom is -0.466 e. The molecular formula is C18H27N3O5. The van der Waals surface area contributed by atoms with Crippen LogP contribution in [-0.4, -0.2) is 65.9 Å². The van der Waals surface area contributed by atoms with E-state index in [9.17, 15) is 19.7 Å². The van der Waals surface area contributed by atoms with Gasteiger partial charge in [-0.3, -0.25) is 19.7 Å². The van der Waals surface area contributed by atoms with Gasteiger partial charge in [-0.25, -0.2) is 0 Å². The van der Waals surface area contributed by atoms with Crippen LogP contribution in [0.25, 0.3) is 0 Å². The van der Waals surface area contributed by atoms with Crippen molar-refractivity contribution in [3.05, 3.63) is 39.9 Å². The molecule has 0 saturated heterocycles. The number of hydrogen-bond donors (Lipinski definition) is 0. The van der Waals surface area contributed by atoms with Gasteiger partial charge in [-0.15, -0.1) is 0 Å². The van der Waals surface area contributed by atoms with Gasteiger partial charge in [0.15, 0.2) is 0 Å². The molecule has 8 nitrogen and oxygen atoms in total. The Morgan fingerprint density at radius 1 is 1.04 bits per heavy atom. The van der Waals surface area contributed by atoms with Crippen molar-refractivity contribution in [2.24, 2.45) is 0 Å². The number of esters is 1. The molecule has 0 aliphatic rings. The van der Waals surface area contributed by atoms with Crippen LogP contribution in [0, 0.1) is 10.1 Å². The topological polar surface area (TPSA) is 93.0 Å². The van der Waals surface area contributed by atoms with Crippen LogP contribution in [0.2, 0.25) is 0 Å². The molecule has 0 radical (unpaired) electrons. The molecule has 0 bridgehead atoms. The molecule has 1 amide bonds. The number of benzene rings is 1. The second kappa shape index (κ2) is 11.2. The zero-order chi connectivity index (χ0) is 19.5. The Bertz CT molecular complexity index is 599. The lowest BCUT2D eigenvalue weighted by Crippen LogP contribution is -2.40. The fourth-order valence-electron chi connectivity index (χ4n) is 2.48. The summed E-state index contributed by atoms with van der Waals surface area (Å²) in [6, 6.07) is 5.49. The Hall–Kier alpha value is -2.48. The highest BCUT2D eigenvalue weighted by atomic mass is 16.6. The zero-order valence-corrected chi connectivity index (χ0v) is 15.6. The number of nitrogens with zero attached hydrogens (tertiary/aromatic N) is 3. The van der Waals surface area contributed by atoms with Gasteiger partial charge >= 0.3 is 5.97 Å². The molecule has 0 saturated carbocycles. The van der Waals surface area contributed by atoms with Gasteiger partial charge in [0, 0.05) is 37.3 Å². The van der Waals surface area contributed by atoms with Gasteiger partial charge in [-0.2, -0.15) is 0 Å². The molecule has 0 spiro atoms. The van der Waals surface area contributed by atoms with Crippen LogP contribution in [0.1, 0.15) is 37.6 Å². The van der Waals surface area contributed by atoms with Gasteiger partial charge in [0.25, 0.3) is 11.6 Å². The van der Waals surface area contributed by atoms with Crippen molar-refractivity contribution in [3.63, 3.8) is 0 Å². The third-order valence-electron chi connectivity index (χ3n) is 4.08. The third kappa shape index (κ3) is 6.79. The van der Waals surface area contributed by atoms with Crippen molar-refractivity contribution >= 4 is 17.6 Å². The van der Waals surface area contributed by atoms with E-state index in [1.165, 1.54) is 24.3 Å². The van der Waals surface area contributed by atoms with Crippen LogP contribution < -0.4 is 0 Å². The Labute approximate surface area is 153 Å². The Morgan fingerprint density at radius 2 is 1.65 bits per heavy atom. The molecule has 0 aliphatic heterocycles. The van der Waals surface area contributed by atoms with Crippen LogP contribution in [-0.2, 0) is 9.53 Å². The van der Waals surface area contributed by atoms with Gasteiger partial charge in [0.05, 0.1) is 18.0 Å². The van der Waals surface area contributed by atoms with Crippen molar-refractivity contribution in [3.8, 4) is 0 Å². The van der Waals surface area contributed by atoms with E-state index in [-0.39, 0.29) is 30.5 Å². The van der Waals surface area contributed by atoms with E-state index in [1.807, 2.05) is 13.8 Å². The van der Waals surface area contributed by atoms with Crippen LogP contribution >= 0.6 is 0 Å². The fraction of sp³-hybridized carbons (Fsp3) is 0.556. The minimum atomic E-state index is -0.507. The lowest BCUT2D eigenvalue weighted by Gasteiger charge is -2.26. The molecule has 0 fully saturated rings. The van der Waals surface area contributed by atoms with Crippen molar-refractivity contribution in [1.29, 1.82) is 0 Å². The lowest BCUT2D eigenvalue weighted by atomic mass is 10.1. The molecule has 0 aliphatic carbocycles. The smallest absolute Gasteiger partial charge is 0.307 e. The van der Waals surface area contributed by atoms with E-state index in [2.05, 4.69) is 4.90 Å². The summed E-state index contributed by atoms with van der Waals surface area (Å²) < 4.78 is 4.93. The molecule has 1 aromatic carbocycles. The van der Waals surface area contributed by atoms with Gasteiger partial charge in [0.1, 0.15) is 0 Å². The number of nitro groups is 1. The molecule has 0 N–H and O–H groups in total. The molecular weight excluding hydrogens is 338 g/mol. The number of amides is 1. The summed E-state index contributed by atoms with van der Waals surface area (Å²) in [6.45, 7) is 9.27. The maximum absolute atomic E-state index is 12.8. The van der Waals surface area contributed by atoms with Gasteiger partial charge in [-0.05, 0) is 32.1 Å². The average molecular weight is 365 g/mol. The SMILES string of the molecule is CCOC(=O)CCN(CCN(CC)CC)C(=O)c1ccc([N+](=O)[O-])cc1. The first kappa shape index (κ1) is 21.6. The van der Waals surface area contributed by atoms with Crippen molar-refractivity contribution in [1.82, 2.24) is 9.80 Å². The number of carbonyl (C=O) groups is 2. The molecule has 1 aromatic rings. The van der Waals surface area contributed by atoms with Crippen molar-refractivity contribution in [2.75, 3.05) is 39.3 Å². The summed E-state index contributed by atoms with van der Waals surface area (Å²) in [5.41, 5.74) is 0.293. The first-order valence-corrected chi connectivity index (χ1v) is 8.84. The zero-order valence-electron chi connectivity index (χ0n) is 15.6. The second-order valence-electron chi connectivity index (χ2n) is 5.68. The third-order valence-corrected chi connectivity index (χ3v) is 4.08. The van der Waals surface area contributed by atoms with E-state index in [4.69, 9.17) is 4.74 Å². The molecule has 0 aromatic heterocycles. The lowest BCUT2D eigenvalue weighted by molar-refractivity contribution is -0.384. The van der Waals surface area contributed by atoms with Gasteiger partial charge < -0.3 is 14.5 Å². The summed E-state index contributed by atoms with van der Waals surface area (Å²) in [4.78, 5) is 38.4. The van der Waals surface area contributed by atoms with E-state index >= 15 is 0 Å². The van der Waals surface area contributed by atoms with Crippen molar-refractivity contribution < 1.29 is 19.2 Å². The highest BCUT2D eigenvalue weighted by Gasteiger charge is 2.19. The molecule has 0 unspecified atom stereocenters. The summed E-state index contributed by atoms with van der Waals surface area (Å²) >= 11 is 0. The van der Waals surface area contributed by atoms with Crippen LogP contribution in [0.3, 0.4) is 0 Å². The summed E-state index contributed by atoms with van der Waals surface area (Å²) in [5.74, 6) is -0.604. The highest BCUT2D eigenvalue weighted by molar-refractivity contribution is 5.94. The molecule has 8 heteroatoms. The maximum atomic E-state index is 12.8. The number of carbonyl (C=O) groups excluding carboxylic acids is 2. The maximum Gasteiger partial charge on any atom is 0.307 e. The quantitative estimate of drug-likeness (QED) is 0.339. The second-order valence-corrected chi connectivity index (χ2v) is 5.68. The first-order chi connectivity index (χ1) is 12.4. The highest BCUT2D eigenvalue weighted by Crippen LogP contribution is 2.14. The van der Waals surface area contributed by atoms with Gasteiger partial charge in [-0.1, -0.05) is 13.8 Å². The van der Waals surface area contributed by atoms with E-state index in [1.54, 1.807) is 11.8 Å². The minimum absolute atomic E-state index is 0.0669. The Kier molecular flexibility index (Phi) is 9.29. The average Bonchev–Trinajstić information content (AvgIpc) is 2.64. The molecule has 26 heavy (non-hydrogen) atoms. The van der Waals surface area contributed by atoms with E-state index < -0.39 is 4.92 Å². The van der Waals surface area contributed by atoms with E-state index in [0.29, 0.717) is 25.3 Å². The van der Waals surface area contributed by atoms with Crippen LogP contribution in [0.5, 0.6) is 0 Å². The fourth-order valence-corrected chi connectivity index (χ4v) is 2.48. The number of hydrogen-bond acceptors (Lipinski definition) is 6. The molecule has 144 valence electrons. The number of likely N-dealkylation sites (N-methyl/N-ethyl adjacent to an activating group) is 1. The van der Waals surface area contributed by atoms with Crippen molar-refractivity contribution in [2.45, 2.75) is 27.2 Å². The van der Waals surface area contributed by atoms with Gasteiger partial charge in [0.2, 0.25) is 0 Å². The molecule has 0 atom stereocenters. The number of rotatable bonds is 11. The molecule has 0 heterocycles.